The van der Waals surface area contributed by atoms with Crippen LogP contribution in [0.4, 0.5) is 5.69 Å². The minimum atomic E-state index is -0.280. The summed E-state index contributed by atoms with van der Waals surface area (Å²) < 4.78 is 0. The summed E-state index contributed by atoms with van der Waals surface area (Å²) in [6.45, 7) is 1.91. The molecular formula is C17H12Cl2N2O2S. The molecular weight excluding hydrogens is 367 g/mol. The zero-order valence-corrected chi connectivity index (χ0v) is 14.8. The van der Waals surface area contributed by atoms with Crippen LogP contribution >= 0.6 is 35.0 Å². The van der Waals surface area contributed by atoms with E-state index in [1.807, 2.05) is 13.0 Å². The van der Waals surface area contributed by atoms with E-state index < -0.39 is 0 Å². The third kappa shape index (κ3) is 3.75. The van der Waals surface area contributed by atoms with Gasteiger partial charge in [0, 0.05) is 15.6 Å². The first kappa shape index (κ1) is 16.9. The van der Waals surface area contributed by atoms with E-state index in [1.54, 1.807) is 30.3 Å². The number of hydrogen-bond donors (Lipinski definition) is 2. The van der Waals surface area contributed by atoms with E-state index in [9.17, 15) is 9.90 Å². The van der Waals surface area contributed by atoms with E-state index in [1.165, 1.54) is 17.8 Å². The van der Waals surface area contributed by atoms with Gasteiger partial charge in [-0.3, -0.25) is 4.79 Å². The number of phenols is 1. The molecule has 1 aliphatic rings. The second kappa shape index (κ2) is 6.89. The van der Waals surface area contributed by atoms with Crippen LogP contribution in [0.1, 0.15) is 11.1 Å². The molecule has 1 aliphatic heterocycles. The first-order chi connectivity index (χ1) is 11.4. The van der Waals surface area contributed by atoms with E-state index in [-0.39, 0.29) is 11.7 Å². The number of hydrogen-bond acceptors (Lipinski definition) is 4. The summed E-state index contributed by atoms with van der Waals surface area (Å²) in [5, 5.41) is 14.1. The third-order valence-corrected chi connectivity index (χ3v) is 4.70. The van der Waals surface area contributed by atoms with E-state index >= 15 is 0 Å². The number of aliphatic imine (C=N–C) groups is 1. The number of benzene rings is 2. The summed E-state index contributed by atoms with van der Waals surface area (Å²) in [6, 6.07) is 10.0. The van der Waals surface area contributed by atoms with Crippen molar-refractivity contribution in [1.29, 1.82) is 0 Å². The number of aryl methyl sites for hydroxylation is 1. The van der Waals surface area contributed by atoms with Crippen molar-refractivity contribution in [1.82, 2.24) is 5.32 Å². The Bertz CT molecular complexity index is 894. The average molecular weight is 379 g/mol. The third-order valence-electron chi connectivity index (χ3n) is 3.32. The van der Waals surface area contributed by atoms with Gasteiger partial charge in [-0.05, 0) is 60.7 Å². The van der Waals surface area contributed by atoms with Gasteiger partial charge < -0.3 is 10.4 Å². The molecule has 0 aliphatic carbocycles. The molecule has 4 nitrogen and oxygen atoms in total. The van der Waals surface area contributed by atoms with Gasteiger partial charge in [-0.25, -0.2) is 4.99 Å². The molecule has 3 rings (SSSR count). The second-order valence-electron chi connectivity index (χ2n) is 5.12. The molecule has 0 bridgehead atoms. The van der Waals surface area contributed by atoms with E-state index in [0.29, 0.717) is 31.4 Å². The number of nitrogens with zero attached hydrogens (tertiary/aromatic N) is 1. The van der Waals surface area contributed by atoms with E-state index in [4.69, 9.17) is 23.2 Å². The highest BCUT2D eigenvalue weighted by atomic mass is 35.5. The number of rotatable bonds is 2. The molecule has 0 unspecified atom stereocenters. The molecule has 24 heavy (non-hydrogen) atoms. The maximum atomic E-state index is 12.1. The minimum absolute atomic E-state index is 0.0522. The van der Waals surface area contributed by atoms with Crippen LogP contribution in [0.5, 0.6) is 5.75 Å². The van der Waals surface area contributed by atoms with Crippen molar-refractivity contribution in [2.75, 3.05) is 0 Å². The van der Waals surface area contributed by atoms with Crippen molar-refractivity contribution in [3.8, 4) is 5.75 Å². The molecule has 1 heterocycles. The van der Waals surface area contributed by atoms with Gasteiger partial charge in [0.05, 0.1) is 10.6 Å². The Morgan fingerprint density at radius 2 is 1.88 bits per heavy atom. The Morgan fingerprint density at radius 3 is 2.67 bits per heavy atom. The van der Waals surface area contributed by atoms with Crippen molar-refractivity contribution in [2.24, 2.45) is 4.99 Å². The number of carbonyl (C=O) groups excluding carboxylic acids is 1. The largest absolute Gasteiger partial charge is 0.507 e. The van der Waals surface area contributed by atoms with Gasteiger partial charge in [0.15, 0.2) is 5.17 Å². The summed E-state index contributed by atoms with van der Waals surface area (Å²) in [4.78, 5) is 17.0. The molecule has 1 fully saturated rings. The van der Waals surface area contributed by atoms with E-state index in [2.05, 4.69) is 10.3 Å². The van der Waals surface area contributed by atoms with Crippen LogP contribution < -0.4 is 5.32 Å². The predicted molar refractivity (Wildman–Crippen MR) is 100 cm³/mol. The summed E-state index contributed by atoms with van der Waals surface area (Å²) in [5.74, 6) is -0.228. The van der Waals surface area contributed by atoms with Crippen molar-refractivity contribution >= 4 is 57.8 Å². The second-order valence-corrected chi connectivity index (χ2v) is 7.02. The monoisotopic (exact) mass is 378 g/mol. The Morgan fingerprint density at radius 1 is 1.17 bits per heavy atom. The molecule has 7 heteroatoms. The standard InChI is InChI=1S/C17H12Cl2N2O2S/c1-9-2-3-12(19)8-13(9)20-17-21-16(23)15(24-17)7-10-6-11(18)4-5-14(10)22/h2-8,22H,1H3,(H,20,21,23)/b15-7-. The van der Waals surface area contributed by atoms with Crippen molar-refractivity contribution < 1.29 is 9.90 Å². The number of carbonyl (C=O) groups is 1. The first-order valence-corrected chi connectivity index (χ1v) is 8.54. The summed E-state index contributed by atoms with van der Waals surface area (Å²) >= 11 is 13.1. The molecule has 2 aromatic rings. The van der Waals surface area contributed by atoms with Crippen LogP contribution in [0, 0.1) is 6.92 Å². The highest BCUT2D eigenvalue weighted by Gasteiger charge is 2.24. The quantitative estimate of drug-likeness (QED) is 0.730. The van der Waals surface area contributed by atoms with Gasteiger partial charge in [-0.15, -0.1) is 0 Å². The first-order valence-electron chi connectivity index (χ1n) is 6.96. The van der Waals surface area contributed by atoms with Gasteiger partial charge in [0.25, 0.3) is 5.91 Å². The van der Waals surface area contributed by atoms with Gasteiger partial charge in [0.1, 0.15) is 5.75 Å². The van der Waals surface area contributed by atoms with Crippen molar-refractivity contribution in [2.45, 2.75) is 6.92 Å². The summed E-state index contributed by atoms with van der Waals surface area (Å²) in [7, 11) is 0. The molecule has 1 amide bonds. The highest BCUT2D eigenvalue weighted by Crippen LogP contribution is 2.32. The molecule has 0 saturated carbocycles. The summed E-state index contributed by atoms with van der Waals surface area (Å²) in [6.07, 6.45) is 1.58. The van der Waals surface area contributed by atoms with Crippen LogP contribution in [0.2, 0.25) is 10.0 Å². The Kier molecular flexibility index (Phi) is 4.85. The highest BCUT2D eigenvalue weighted by molar-refractivity contribution is 8.18. The minimum Gasteiger partial charge on any atom is -0.507 e. The van der Waals surface area contributed by atoms with Gasteiger partial charge >= 0.3 is 0 Å². The predicted octanol–water partition coefficient (Wildman–Crippen LogP) is 4.90. The maximum Gasteiger partial charge on any atom is 0.264 e. The van der Waals surface area contributed by atoms with Crippen LogP contribution in [-0.2, 0) is 4.79 Å². The van der Waals surface area contributed by atoms with Crippen molar-refractivity contribution in [3.05, 3.63) is 62.5 Å². The number of thioether (sulfide) groups is 1. The lowest BCUT2D eigenvalue weighted by Crippen LogP contribution is -2.19. The zero-order valence-electron chi connectivity index (χ0n) is 12.5. The van der Waals surface area contributed by atoms with Gasteiger partial charge in [-0.2, -0.15) is 0 Å². The van der Waals surface area contributed by atoms with Crippen molar-refractivity contribution in [3.63, 3.8) is 0 Å². The van der Waals surface area contributed by atoms with Gasteiger partial charge in [-0.1, -0.05) is 29.3 Å². The molecule has 1 saturated heterocycles. The Labute approximate surface area is 153 Å². The lowest BCUT2D eigenvalue weighted by Gasteiger charge is -2.01. The Hall–Kier alpha value is -1.95. The zero-order chi connectivity index (χ0) is 17.3. The average Bonchev–Trinajstić information content (AvgIpc) is 2.86. The topological polar surface area (TPSA) is 61.7 Å². The fraction of sp³-hybridized carbons (Fsp3) is 0.0588. The molecule has 0 spiro atoms. The van der Waals surface area contributed by atoms with Crippen LogP contribution in [0.3, 0.4) is 0 Å². The number of amides is 1. The molecule has 0 atom stereocenters. The molecule has 0 aromatic heterocycles. The summed E-state index contributed by atoms with van der Waals surface area (Å²) in [5.41, 5.74) is 2.11. The number of halogens is 2. The normalized spacial score (nSPS) is 17.5. The molecule has 0 radical (unpaired) electrons. The number of amidine groups is 1. The van der Waals surface area contributed by atoms with Gasteiger partial charge in [0.2, 0.25) is 0 Å². The smallest absolute Gasteiger partial charge is 0.264 e. The number of nitrogens with one attached hydrogen (secondary N) is 1. The lowest BCUT2D eigenvalue weighted by atomic mass is 10.2. The van der Waals surface area contributed by atoms with Crippen LogP contribution in [0.15, 0.2) is 46.3 Å². The number of aromatic hydroxyl groups is 1. The molecule has 122 valence electrons. The number of phenolic OH excluding ortho intramolecular Hbond substituents is 1. The Balaban J connectivity index is 1.91. The fourth-order valence-electron chi connectivity index (χ4n) is 2.08. The molecule has 2 N–H and O–H groups in total. The van der Waals surface area contributed by atoms with E-state index in [0.717, 1.165) is 5.56 Å². The fourth-order valence-corrected chi connectivity index (χ4v) is 3.25. The van der Waals surface area contributed by atoms with Crippen LogP contribution in [-0.4, -0.2) is 16.2 Å². The van der Waals surface area contributed by atoms with Crippen LogP contribution in [0.25, 0.3) is 6.08 Å². The SMILES string of the molecule is Cc1ccc(Cl)cc1N=C1NC(=O)/C(=C/c2cc(Cl)ccc2O)S1. The maximum absolute atomic E-state index is 12.1. The lowest BCUT2D eigenvalue weighted by molar-refractivity contribution is -0.115. The molecule has 2 aromatic carbocycles.